The van der Waals surface area contributed by atoms with Crippen LogP contribution in [0.5, 0.6) is 17.2 Å². The van der Waals surface area contributed by atoms with E-state index in [4.69, 9.17) is 14.2 Å². The molecule has 27 heavy (non-hydrogen) atoms. The van der Waals surface area contributed by atoms with Crippen molar-refractivity contribution < 1.29 is 24.1 Å². The average Bonchev–Trinajstić information content (AvgIpc) is 3.13. The molecule has 1 unspecified atom stereocenters. The van der Waals surface area contributed by atoms with E-state index in [1.54, 1.807) is 18.2 Å². The molecule has 0 aromatic heterocycles. The number of likely N-dealkylation sites (N-methyl/N-ethyl adjacent to an activating group) is 1. The molecule has 3 rings (SSSR count). The number of nitrogens with zero attached hydrogens (tertiary/aromatic N) is 1. The highest BCUT2D eigenvalue weighted by Crippen LogP contribution is 2.35. The van der Waals surface area contributed by atoms with E-state index in [-0.39, 0.29) is 32.4 Å². The minimum atomic E-state index is -0.807. The van der Waals surface area contributed by atoms with Crippen LogP contribution in [0, 0.1) is 0 Å². The Labute approximate surface area is 158 Å². The van der Waals surface area contributed by atoms with Crippen molar-refractivity contribution in [2.24, 2.45) is 0 Å². The first-order chi connectivity index (χ1) is 13.1. The zero-order chi connectivity index (χ0) is 19.1. The molecule has 0 fully saturated rings. The average molecular weight is 372 g/mol. The summed E-state index contributed by atoms with van der Waals surface area (Å²) in [6.45, 7) is 1.34. The summed E-state index contributed by atoms with van der Waals surface area (Å²) < 4.78 is 16.1. The highest BCUT2D eigenvalue weighted by atomic mass is 16.7. The molecular formula is C20H24N2O5. The number of hydrogen-bond acceptors (Lipinski definition) is 6. The third-order valence-corrected chi connectivity index (χ3v) is 4.03. The molecule has 2 N–H and O–H groups in total. The summed E-state index contributed by atoms with van der Waals surface area (Å²) in [5.74, 6) is 1.73. The van der Waals surface area contributed by atoms with E-state index in [0.29, 0.717) is 23.8 Å². The maximum absolute atomic E-state index is 12.0. The van der Waals surface area contributed by atoms with Gasteiger partial charge >= 0.3 is 0 Å². The first-order valence-corrected chi connectivity index (χ1v) is 8.80. The third-order valence-electron chi connectivity index (χ3n) is 4.03. The van der Waals surface area contributed by atoms with Crippen molar-refractivity contribution >= 4 is 5.91 Å². The lowest BCUT2D eigenvalue weighted by Gasteiger charge is -2.18. The molecule has 1 atom stereocenters. The molecule has 0 aliphatic carbocycles. The quantitative estimate of drug-likeness (QED) is 0.693. The van der Waals surface area contributed by atoms with E-state index in [1.807, 2.05) is 42.3 Å². The van der Waals surface area contributed by atoms with Crippen LogP contribution in [0.1, 0.15) is 5.56 Å². The summed E-state index contributed by atoms with van der Waals surface area (Å²) >= 11 is 0. The molecule has 1 amide bonds. The van der Waals surface area contributed by atoms with Crippen molar-refractivity contribution in [3.63, 3.8) is 0 Å². The van der Waals surface area contributed by atoms with Crippen LogP contribution in [0.3, 0.4) is 0 Å². The summed E-state index contributed by atoms with van der Waals surface area (Å²) in [5.41, 5.74) is 1.14. The molecule has 0 saturated carbocycles. The molecule has 1 aliphatic heterocycles. The Kier molecular flexibility index (Phi) is 6.51. The van der Waals surface area contributed by atoms with Crippen molar-refractivity contribution in [1.82, 2.24) is 10.2 Å². The van der Waals surface area contributed by atoms with Crippen molar-refractivity contribution in [2.45, 2.75) is 12.6 Å². The van der Waals surface area contributed by atoms with E-state index in [2.05, 4.69) is 5.32 Å². The standard InChI is InChI=1S/C20H24N2O5/c1-22(11-15-5-3-2-4-6-15)12-20(24)21-10-16(23)13-25-17-7-8-18-19(9-17)27-14-26-18/h2-9,16,23H,10-14H2,1H3,(H,21,24). The Morgan fingerprint density at radius 3 is 2.81 bits per heavy atom. The number of carbonyl (C=O) groups is 1. The highest BCUT2D eigenvalue weighted by molar-refractivity contribution is 5.78. The van der Waals surface area contributed by atoms with E-state index < -0.39 is 6.10 Å². The number of carbonyl (C=O) groups excluding carboxylic acids is 1. The van der Waals surface area contributed by atoms with Crippen LogP contribution in [0.4, 0.5) is 0 Å². The van der Waals surface area contributed by atoms with Crippen molar-refractivity contribution in [1.29, 1.82) is 0 Å². The molecule has 2 aromatic carbocycles. The Bertz CT molecular complexity index is 753. The summed E-state index contributed by atoms with van der Waals surface area (Å²) in [4.78, 5) is 13.9. The van der Waals surface area contributed by atoms with Gasteiger partial charge in [-0.3, -0.25) is 9.69 Å². The molecule has 144 valence electrons. The van der Waals surface area contributed by atoms with Gasteiger partial charge in [0, 0.05) is 19.2 Å². The number of ether oxygens (including phenoxy) is 3. The Morgan fingerprint density at radius 1 is 1.22 bits per heavy atom. The van der Waals surface area contributed by atoms with Gasteiger partial charge in [0.25, 0.3) is 0 Å². The van der Waals surface area contributed by atoms with Gasteiger partial charge < -0.3 is 24.6 Å². The molecule has 2 aromatic rings. The molecule has 1 heterocycles. The van der Waals surface area contributed by atoms with Gasteiger partial charge in [-0.25, -0.2) is 0 Å². The Morgan fingerprint density at radius 2 is 2.00 bits per heavy atom. The van der Waals surface area contributed by atoms with Crippen LogP contribution in [-0.4, -0.2) is 55.6 Å². The molecule has 0 spiro atoms. The van der Waals surface area contributed by atoms with Crippen LogP contribution in [0.2, 0.25) is 0 Å². The molecule has 7 heteroatoms. The predicted molar refractivity (Wildman–Crippen MR) is 99.9 cm³/mol. The fourth-order valence-electron chi connectivity index (χ4n) is 2.70. The van der Waals surface area contributed by atoms with Crippen molar-refractivity contribution in [3.8, 4) is 17.2 Å². The fourth-order valence-corrected chi connectivity index (χ4v) is 2.70. The van der Waals surface area contributed by atoms with Crippen LogP contribution >= 0.6 is 0 Å². The monoisotopic (exact) mass is 372 g/mol. The first-order valence-electron chi connectivity index (χ1n) is 8.80. The molecule has 0 bridgehead atoms. The normalized spacial score (nSPS) is 13.4. The number of nitrogens with one attached hydrogen (secondary N) is 1. The van der Waals surface area contributed by atoms with Gasteiger partial charge in [-0.1, -0.05) is 30.3 Å². The number of aliphatic hydroxyl groups is 1. The molecule has 0 saturated heterocycles. The fraction of sp³-hybridized carbons (Fsp3) is 0.350. The largest absolute Gasteiger partial charge is 0.491 e. The maximum Gasteiger partial charge on any atom is 0.234 e. The van der Waals surface area contributed by atoms with Crippen molar-refractivity contribution in [3.05, 3.63) is 54.1 Å². The van der Waals surface area contributed by atoms with Crippen LogP contribution in [0.15, 0.2) is 48.5 Å². The summed E-state index contributed by atoms with van der Waals surface area (Å²) in [7, 11) is 1.88. The number of amides is 1. The van der Waals surface area contributed by atoms with Gasteiger partial charge in [0.1, 0.15) is 18.5 Å². The van der Waals surface area contributed by atoms with Gasteiger partial charge in [-0.15, -0.1) is 0 Å². The SMILES string of the molecule is CN(CC(=O)NCC(O)COc1ccc2c(c1)OCO2)Cc1ccccc1. The van der Waals surface area contributed by atoms with E-state index in [0.717, 1.165) is 5.56 Å². The lowest BCUT2D eigenvalue weighted by molar-refractivity contribution is -0.122. The summed E-state index contributed by atoms with van der Waals surface area (Å²) in [5, 5.41) is 12.7. The maximum atomic E-state index is 12.0. The zero-order valence-electron chi connectivity index (χ0n) is 15.3. The molecule has 1 aliphatic rings. The van der Waals surface area contributed by atoms with Crippen molar-refractivity contribution in [2.75, 3.05) is 33.5 Å². The third kappa shape index (κ3) is 5.87. The van der Waals surface area contributed by atoms with Gasteiger partial charge in [0.15, 0.2) is 11.5 Å². The van der Waals surface area contributed by atoms with Gasteiger partial charge in [-0.2, -0.15) is 0 Å². The lowest BCUT2D eigenvalue weighted by Crippen LogP contribution is -2.40. The number of benzene rings is 2. The van der Waals surface area contributed by atoms with E-state index >= 15 is 0 Å². The zero-order valence-corrected chi connectivity index (χ0v) is 15.3. The van der Waals surface area contributed by atoms with Crippen LogP contribution in [0.25, 0.3) is 0 Å². The van der Waals surface area contributed by atoms with Gasteiger partial charge in [0.2, 0.25) is 12.7 Å². The first kappa shape index (κ1) is 19.0. The van der Waals surface area contributed by atoms with Gasteiger partial charge in [0.05, 0.1) is 6.54 Å². The Hall–Kier alpha value is -2.77. The molecule has 7 nitrogen and oxygen atoms in total. The smallest absolute Gasteiger partial charge is 0.234 e. The molecule has 0 radical (unpaired) electrons. The second-order valence-electron chi connectivity index (χ2n) is 6.44. The van der Waals surface area contributed by atoms with Crippen LogP contribution < -0.4 is 19.5 Å². The van der Waals surface area contributed by atoms with Crippen LogP contribution in [-0.2, 0) is 11.3 Å². The topological polar surface area (TPSA) is 80.3 Å². The minimum Gasteiger partial charge on any atom is -0.491 e. The number of rotatable bonds is 9. The second-order valence-corrected chi connectivity index (χ2v) is 6.44. The van der Waals surface area contributed by atoms with E-state index in [1.165, 1.54) is 0 Å². The molecular weight excluding hydrogens is 348 g/mol. The summed E-state index contributed by atoms with van der Waals surface area (Å²) in [6, 6.07) is 15.2. The number of hydrogen-bond donors (Lipinski definition) is 2. The highest BCUT2D eigenvalue weighted by Gasteiger charge is 2.15. The van der Waals surface area contributed by atoms with E-state index in [9.17, 15) is 9.90 Å². The number of aliphatic hydroxyl groups excluding tert-OH is 1. The summed E-state index contributed by atoms with van der Waals surface area (Å²) in [6.07, 6.45) is -0.807. The minimum absolute atomic E-state index is 0.0692. The second kappa shape index (κ2) is 9.25. The lowest BCUT2D eigenvalue weighted by atomic mass is 10.2. The predicted octanol–water partition coefficient (Wildman–Crippen LogP) is 1.40. The Balaban J connectivity index is 1.34. The van der Waals surface area contributed by atoms with Gasteiger partial charge in [-0.05, 0) is 24.7 Å². The number of fused-ring (bicyclic) bond motifs is 1.